The molecule has 0 radical (unpaired) electrons. The highest BCUT2D eigenvalue weighted by Crippen LogP contribution is 2.23. The molecular formula is C19H18N4O3. The van der Waals surface area contributed by atoms with E-state index in [1.54, 1.807) is 17.1 Å². The van der Waals surface area contributed by atoms with Gasteiger partial charge in [-0.3, -0.25) is 14.4 Å². The van der Waals surface area contributed by atoms with Crippen LogP contribution in [0.4, 0.5) is 5.69 Å². The van der Waals surface area contributed by atoms with Crippen molar-refractivity contribution in [1.29, 1.82) is 0 Å². The highest BCUT2D eigenvalue weighted by atomic mass is 16.2. The van der Waals surface area contributed by atoms with E-state index in [-0.39, 0.29) is 5.91 Å². The molecule has 0 bridgehead atoms. The Bertz CT molecular complexity index is 1060. The maximum atomic E-state index is 12.1. The molecule has 0 spiro atoms. The molecule has 1 aliphatic heterocycles. The minimum atomic E-state index is -0.420. The number of anilines is 1. The fraction of sp³-hybridized carbons (Fsp3) is 0.263. The van der Waals surface area contributed by atoms with E-state index in [1.807, 2.05) is 24.1 Å². The molecule has 0 saturated carbocycles. The van der Waals surface area contributed by atoms with Gasteiger partial charge in [-0.1, -0.05) is 18.2 Å². The molecule has 4 rings (SSSR count). The number of amides is 1. The van der Waals surface area contributed by atoms with E-state index < -0.39 is 10.9 Å². The van der Waals surface area contributed by atoms with Crippen molar-refractivity contribution in [2.45, 2.75) is 19.5 Å². The van der Waals surface area contributed by atoms with E-state index in [4.69, 9.17) is 0 Å². The Morgan fingerprint density at radius 3 is 2.77 bits per heavy atom. The van der Waals surface area contributed by atoms with Crippen LogP contribution in [0.5, 0.6) is 0 Å². The molecule has 3 aromatic rings. The summed E-state index contributed by atoms with van der Waals surface area (Å²) in [7, 11) is 1.81. The summed E-state index contributed by atoms with van der Waals surface area (Å²) in [5, 5.41) is 2.87. The Labute approximate surface area is 149 Å². The van der Waals surface area contributed by atoms with Gasteiger partial charge in [0, 0.05) is 38.9 Å². The van der Waals surface area contributed by atoms with Crippen LogP contribution in [-0.4, -0.2) is 22.0 Å². The van der Waals surface area contributed by atoms with Gasteiger partial charge in [0.05, 0.1) is 12.0 Å². The van der Waals surface area contributed by atoms with Crippen LogP contribution in [0, 0.1) is 0 Å². The van der Waals surface area contributed by atoms with Crippen LogP contribution in [0.1, 0.15) is 27.2 Å². The van der Waals surface area contributed by atoms with E-state index in [2.05, 4.69) is 16.4 Å². The van der Waals surface area contributed by atoms with Gasteiger partial charge in [-0.2, -0.15) is 0 Å². The normalized spacial score (nSPS) is 13.7. The maximum Gasteiger partial charge on any atom is 0.271 e. The fourth-order valence-corrected chi connectivity index (χ4v) is 3.27. The number of hydrogen-bond acceptors (Lipinski definition) is 5. The third kappa shape index (κ3) is 2.92. The van der Waals surface area contributed by atoms with Gasteiger partial charge >= 0.3 is 0 Å². The first-order chi connectivity index (χ1) is 12.5. The molecule has 7 heteroatoms. The van der Waals surface area contributed by atoms with Crippen LogP contribution in [0.15, 0.2) is 46.4 Å². The summed E-state index contributed by atoms with van der Waals surface area (Å²) < 4.78 is 1.73. The first-order valence-corrected chi connectivity index (χ1v) is 8.43. The van der Waals surface area contributed by atoms with Gasteiger partial charge in [-0.05, 0) is 23.1 Å². The van der Waals surface area contributed by atoms with Crippen molar-refractivity contribution in [3.63, 3.8) is 0 Å². The second-order valence-electron chi connectivity index (χ2n) is 6.60. The second kappa shape index (κ2) is 6.25. The summed E-state index contributed by atoms with van der Waals surface area (Å²) in [6, 6.07) is 7.53. The minimum Gasteiger partial charge on any atom is -0.363 e. The molecule has 1 amide bonds. The van der Waals surface area contributed by atoms with Crippen LogP contribution in [0.2, 0.25) is 0 Å². The van der Waals surface area contributed by atoms with Crippen molar-refractivity contribution in [3.05, 3.63) is 79.6 Å². The maximum absolute atomic E-state index is 12.1. The SMILES string of the molecule is Cn1cnc(C(=O)NCc2ccc3c(c2)CN(c2cc(=O)c2=O)CC3)c1. The minimum absolute atomic E-state index is 0.214. The predicted octanol–water partition coefficient (Wildman–Crippen LogP) is 0.509. The molecule has 26 heavy (non-hydrogen) atoms. The third-order valence-corrected chi connectivity index (χ3v) is 4.74. The van der Waals surface area contributed by atoms with Gasteiger partial charge in [-0.25, -0.2) is 4.98 Å². The van der Waals surface area contributed by atoms with Crippen molar-refractivity contribution in [1.82, 2.24) is 14.9 Å². The third-order valence-electron chi connectivity index (χ3n) is 4.74. The molecular weight excluding hydrogens is 332 g/mol. The van der Waals surface area contributed by atoms with Gasteiger partial charge in [0.1, 0.15) is 5.69 Å². The van der Waals surface area contributed by atoms with Gasteiger partial charge in [0.15, 0.2) is 0 Å². The standard InChI is InChI=1S/C19H18N4O3/c1-22-10-15(21-11-22)19(26)20-8-12-2-3-13-4-5-23(9-14(13)6-12)16-7-17(24)18(16)25/h2-3,6-7,10-11H,4-5,8-9H2,1H3,(H,20,26). The van der Waals surface area contributed by atoms with E-state index in [1.165, 1.54) is 11.6 Å². The smallest absolute Gasteiger partial charge is 0.271 e. The Morgan fingerprint density at radius 1 is 1.23 bits per heavy atom. The van der Waals surface area contributed by atoms with Crippen LogP contribution in [0.3, 0.4) is 0 Å². The Hall–Kier alpha value is -3.22. The van der Waals surface area contributed by atoms with Gasteiger partial charge in [-0.15, -0.1) is 0 Å². The number of aryl methyl sites for hydroxylation is 1. The summed E-state index contributed by atoms with van der Waals surface area (Å²) >= 11 is 0. The molecule has 7 nitrogen and oxygen atoms in total. The highest BCUT2D eigenvalue weighted by molar-refractivity contribution is 5.91. The monoisotopic (exact) mass is 350 g/mol. The number of carbonyl (C=O) groups is 1. The number of aromatic nitrogens is 2. The molecule has 0 fully saturated rings. The molecule has 0 aliphatic carbocycles. The molecule has 0 atom stereocenters. The number of benzene rings is 1. The molecule has 2 aromatic carbocycles. The lowest BCUT2D eigenvalue weighted by atomic mass is 9.96. The van der Waals surface area contributed by atoms with Crippen molar-refractivity contribution in [2.24, 2.45) is 7.05 Å². The summed E-state index contributed by atoms with van der Waals surface area (Å²) in [5.74, 6) is -0.214. The lowest BCUT2D eigenvalue weighted by Gasteiger charge is -2.31. The second-order valence-corrected chi connectivity index (χ2v) is 6.60. The van der Waals surface area contributed by atoms with Gasteiger partial charge in [0.25, 0.3) is 5.91 Å². The van der Waals surface area contributed by atoms with E-state index >= 15 is 0 Å². The Kier molecular flexibility index (Phi) is 3.91. The average molecular weight is 350 g/mol. The Morgan fingerprint density at radius 2 is 2.08 bits per heavy atom. The summed E-state index contributed by atoms with van der Waals surface area (Å²) in [4.78, 5) is 40.9. The summed E-state index contributed by atoms with van der Waals surface area (Å²) in [6.07, 6.45) is 4.09. The number of fused-ring (bicyclic) bond motifs is 1. The number of imidazole rings is 1. The Balaban J connectivity index is 1.45. The molecule has 0 unspecified atom stereocenters. The topological polar surface area (TPSA) is 84.3 Å². The number of hydrogen-bond donors (Lipinski definition) is 1. The van der Waals surface area contributed by atoms with Gasteiger partial charge < -0.3 is 14.8 Å². The first-order valence-electron chi connectivity index (χ1n) is 8.43. The molecule has 0 saturated heterocycles. The zero-order valence-corrected chi connectivity index (χ0v) is 14.4. The zero-order chi connectivity index (χ0) is 18.3. The molecule has 1 N–H and O–H groups in total. The summed E-state index contributed by atoms with van der Waals surface area (Å²) in [5.41, 5.74) is 3.42. The molecule has 132 valence electrons. The fourth-order valence-electron chi connectivity index (χ4n) is 3.27. The molecule has 1 aliphatic rings. The van der Waals surface area contributed by atoms with Crippen LogP contribution in [-0.2, 0) is 26.6 Å². The molecule has 1 aromatic heterocycles. The lowest BCUT2D eigenvalue weighted by Crippen LogP contribution is -2.41. The number of carbonyl (C=O) groups excluding carboxylic acids is 1. The van der Waals surface area contributed by atoms with Crippen molar-refractivity contribution in [3.8, 4) is 0 Å². The van der Waals surface area contributed by atoms with Crippen molar-refractivity contribution < 1.29 is 4.79 Å². The van der Waals surface area contributed by atoms with Crippen LogP contribution < -0.4 is 21.1 Å². The van der Waals surface area contributed by atoms with Crippen LogP contribution in [0.25, 0.3) is 0 Å². The summed E-state index contributed by atoms with van der Waals surface area (Å²) in [6.45, 7) is 1.73. The first kappa shape index (κ1) is 16.3. The van der Waals surface area contributed by atoms with E-state index in [0.29, 0.717) is 24.5 Å². The highest BCUT2D eigenvalue weighted by Gasteiger charge is 2.22. The number of rotatable bonds is 4. The number of nitrogens with one attached hydrogen (secondary N) is 1. The quantitative estimate of drug-likeness (QED) is 0.693. The molecule has 2 heterocycles. The number of nitrogens with zero attached hydrogens (tertiary/aromatic N) is 3. The largest absolute Gasteiger partial charge is 0.363 e. The van der Waals surface area contributed by atoms with E-state index in [9.17, 15) is 14.4 Å². The lowest BCUT2D eigenvalue weighted by molar-refractivity contribution is 0.0946. The predicted molar refractivity (Wildman–Crippen MR) is 96.9 cm³/mol. The zero-order valence-electron chi connectivity index (χ0n) is 14.4. The van der Waals surface area contributed by atoms with E-state index in [0.717, 1.165) is 24.1 Å². The van der Waals surface area contributed by atoms with Crippen molar-refractivity contribution >= 4 is 11.6 Å². The van der Waals surface area contributed by atoms with Crippen molar-refractivity contribution in [2.75, 3.05) is 11.4 Å². The van der Waals surface area contributed by atoms with Gasteiger partial charge in [0.2, 0.25) is 10.9 Å². The average Bonchev–Trinajstić information content (AvgIpc) is 3.09. The van der Waals surface area contributed by atoms with Crippen LogP contribution >= 0.6 is 0 Å².